The Bertz CT molecular complexity index is 414. The average Bonchev–Trinajstić information content (AvgIpc) is 3.19. The van der Waals surface area contributed by atoms with Crippen molar-refractivity contribution in [3.05, 3.63) is 0 Å². The maximum atomic E-state index is 12.5. The third kappa shape index (κ3) is 2.36. The van der Waals surface area contributed by atoms with Crippen LogP contribution in [0.2, 0.25) is 0 Å². The van der Waals surface area contributed by atoms with Crippen molar-refractivity contribution >= 4 is 6.03 Å². The van der Waals surface area contributed by atoms with Crippen LogP contribution in [-0.4, -0.2) is 41.8 Å². The van der Waals surface area contributed by atoms with Gasteiger partial charge in [0.05, 0.1) is 0 Å². The minimum atomic E-state index is 0.125. The number of hydrogen-bond acceptors (Lipinski definition) is 2. The van der Waals surface area contributed by atoms with Crippen LogP contribution in [0.15, 0.2) is 0 Å². The molecule has 2 bridgehead atoms. The molecule has 6 unspecified atom stereocenters. The molecule has 0 aromatic heterocycles. The van der Waals surface area contributed by atoms with Gasteiger partial charge in [0.15, 0.2) is 0 Å². The van der Waals surface area contributed by atoms with Crippen molar-refractivity contribution in [2.24, 2.45) is 29.6 Å². The fourth-order valence-electron chi connectivity index (χ4n) is 5.88. The van der Waals surface area contributed by atoms with Crippen LogP contribution in [0.3, 0.4) is 0 Å². The van der Waals surface area contributed by atoms with Crippen LogP contribution in [0.4, 0.5) is 4.79 Å². The quantitative estimate of drug-likeness (QED) is 0.820. The largest absolute Gasteiger partial charge is 0.396 e. The first-order chi connectivity index (χ1) is 10.3. The molecule has 3 saturated carbocycles. The Balaban J connectivity index is 1.35. The maximum Gasteiger partial charge on any atom is 0.317 e. The van der Waals surface area contributed by atoms with Crippen LogP contribution in [0, 0.1) is 29.6 Å². The van der Waals surface area contributed by atoms with E-state index in [1.165, 1.54) is 32.1 Å². The summed E-state index contributed by atoms with van der Waals surface area (Å²) in [6.45, 7) is 1.80. The van der Waals surface area contributed by atoms with E-state index in [0.717, 1.165) is 49.6 Å². The van der Waals surface area contributed by atoms with Gasteiger partial charge in [0.25, 0.3) is 0 Å². The number of piperidine rings is 1. The number of amides is 2. The van der Waals surface area contributed by atoms with Gasteiger partial charge in [-0.1, -0.05) is 6.42 Å². The number of nitrogens with zero attached hydrogens (tertiary/aromatic N) is 1. The second-order valence-electron chi connectivity index (χ2n) is 7.85. The van der Waals surface area contributed by atoms with Gasteiger partial charge in [-0.05, 0) is 68.1 Å². The number of fused-ring (bicyclic) bond motifs is 5. The van der Waals surface area contributed by atoms with Crippen molar-refractivity contribution in [1.82, 2.24) is 10.2 Å². The van der Waals surface area contributed by atoms with Crippen molar-refractivity contribution in [3.8, 4) is 0 Å². The molecule has 4 fully saturated rings. The highest BCUT2D eigenvalue weighted by molar-refractivity contribution is 5.74. The van der Waals surface area contributed by atoms with Crippen molar-refractivity contribution in [2.45, 2.75) is 51.0 Å². The van der Waals surface area contributed by atoms with Gasteiger partial charge < -0.3 is 15.3 Å². The van der Waals surface area contributed by atoms with Crippen LogP contribution in [-0.2, 0) is 0 Å². The minimum Gasteiger partial charge on any atom is -0.396 e. The van der Waals surface area contributed by atoms with E-state index in [9.17, 15) is 9.90 Å². The highest BCUT2D eigenvalue weighted by Gasteiger charge is 2.54. The molecule has 118 valence electrons. The average molecular weight is 292 g/mol. The van der Waals surface area contributed by atoms with Gasteiger partial charge in [-0.2, -0.15) is 0 Å². The fourth-order valence-corrected chi connectivity index (χ4v) is 5.88. The van der Waals surface area contributed by atoms with E-state index < -0.39 is 0 Å². The van der Waals surface area contributed by atoms with Crippen LogP contribution in [0.5, 0.6) is 0 Å². The van der Waals surface area contributed by atoms with Gasteiger partial charge in [0, 0.05) is 25.7 Å². The number of carbonyl (C=O) groups is 1. The van der Waals surface area contributed by atoms with Gasteiger partial charge in [-0.15, -0.1) is 0 Å². The minimum absolute atomic E-state index is 0.125. The van der Waals surface area contributed by atoms with Gasteiger partial charge in [-0.25, -0.2) is 4.79 Å². The molecule has 2 N–H and O–H groups in total. The van der Waals surface area contributed by atoms with Gasteiger partial charge in [0.1, 0.15) is 0 Å². The Hall–Kier alpha value is -0.770. The second-order valence-corrected chi connectivity index (χ2v) is 7.85. The molecule has 1 saturated heterocycles. The number of nitrogens with one attached hydrogen (secondary N) is 1. The number of aliphatic hydroxyl groups excluding tert-OH is 1. The van der Waals surface area contributed by atoms with Gasteiger partial charge >= 0.3 is 6.03 Å². The van der Waals surface area contributed by atoms with Crippen molar-refractivity contribution in [2.75, 3.05) is 19.7 Å². The molecule has 6 atom stereocenters. The van der Waals surface area contributed by atoms with Gasteiger partial charge in [-0.3, -0.25) is 0 Å². The predicted octanol–water partition coefficient (Wildman–Crippen LogP) is 2.23. The zero-order valence-electron chi connectivity index (χ0n) is 12.8. The Morgan fingerprint density at radius 1 is 1.10 bits per heavy atom. The summed E-state index contributed by atoms with van der Waals surface area (Å²) in [5.41, 5.74) is 0. The van der Waals surface area contributed by atoms with Crippen LogP contribution in [0.1, 0.15) is 44.9 Å². The van der Waals surface area contributed by atoms with Crippen LogP contribution in [0.25, 0.3) is 0 Å². The second kappa shape index (κ2) is 5.45. The zero-order valence-corrected chi connectivity index (χ0v) is 12.8. The Labute approximate surface area is 127 Å². The summed E-state index contributed by atoms with van der Waals surface area (Å²) >= 11 is 0. The summed E-state index contributed by atoms with van der Waals surface area (Å²) in [5, 5.41) is 12.6. The molecular weight excluding hydrogens is 264 g/mol. The number of hydrogen-bond donors (Lipinski definition) is 2. The molecule has 2 amide bonds. The van der Waals surface area contributed by atoms with E-state index in [-0.39, 0.29) is 18.6 Å². The summed E-state index contributed by atoms with van der Waals surface area (Å²) in [7, 11) is 0. The molecule has 0 aromatic carbocycles. The van der Waals surface area contributed by atoms with E-state index in [2.05, 4.69) is 5.32 Å². The molecule has 21 heavy (non-hydrogen) atoms. The Morgan fingerprint density at radius 2 is 1.95 bits per heavy atom. The lowest BCUT2D eigenvalue weighted by atomic mass is 9.79. The van der Waals surface area contributed by atoms with E-state index in [1.807, 2.05) is 4.90 Å². The van der Waals surface area contributed by atoms with Crippen LogP contribution >= 0.6 is 0 Å². The lowest BCUT2D eigenvalue weighted by molar-refractivity contribution is 0.122. The summed E-state index contributed by atoms with van der Waals surface area (Å²) in [6.07, 6.45) is 8.91. The Kier molecular flexibility index (Phi) is 3.60. The smallest absolute Gasteiger partial charge is 0.317 e. The molecule has 0 spiro atoms. The first-order valence-corrected chi connectivity index (χ1v) is 8.92. The number of carbonyl (C=O) groups excluding carboxylic acids is 1. The normalized spacial score (nSPS) is 44.9. The molecule has 3 aliphatic carbocycles. The monoisotopic (exact) mass is 292 g/mol. The number of rotatable bonds is 2. The van der Waals surface area contributed by atoms with E-state index >= 15 is 0 Å². The topological polar surface area (TPSA) is 52.6 Å². The molecule has 4 aliphatic rings. The van der Waals surface area contributed by atoms with Crippen molar-refractivity contribution in [3.63, 3.8) is 0 Å². The molecular formula is C17H28N2O2. The summed E-state index contributed by atoms with van der Waals surface area (Å²) in [4.78, 5) is 14.5. The number of aliphatic hydroxyl groups is 1. The third-order valence-electron chi connectivity index (χ3n) is 6.80. The van der Waals surface area contributed by atoms with Crippen molar-refractivity contribution in [1.29, 1.82) is 0 Å². The highest BCUT2D eigenvalue weighted by atomic mass is 16.3. The van der Waals surface area contributed by atoms with Gasteiger partial charge in [0.2, 0.25) is 0 Å². The lowest BCUT2D eigenvalue weighted by Gasteiger charge is -2.36. The lowest BCUT2D eigenvalue weighted by Crippen LogP contribution is -2.51. The molecule has 1 heterocycles. The first-order valence-electron chi connectivity index (χ1n) is 8.92. The standard InChI is InChI=1S/C17H28N2O2/c20-10-11-3-2-6-19(9-11)17(21)18-16-8-12-7-15(16)14-5-1-4-13(12)14/h11-16,20H,1-10H2,(H,18,21). The highest BCUT2D eigenvalue weighted by Crippen LogP contribution is 2.58. The third-order valence-corrected chi connectivity index (χ3v) is 6.80. The number of likely N-dealkylation sites (tertiary alicyclic amines) is 1. The molecule has 4 nitrogen and oxygen atoms in total. The molecule has 1 aliphatic heterocycles. The van der Waals surface area contributed by atoms with E-state index in [1.54, 1.807) is 0 Å². The SMILES string of the molecule is O=C(NC1CC2CC1C1CCCC21)N1CCCC(CO)C1. The number of urea groups is 1. The van der Waals surface area contributed by atoms with Crippen LogP contribution < -0.4 is 5.32 Å². The molecule has 0 radical (unpaired) electrons. The summed E-state index contributed by atoms with van der Waals surface area (Å²) in [5.74, 6) is 3.81. The molecule has 4 rings (SSSR count). The fraction of sp³-hybridized carbons (Fsp3) is 0.941. The zero-order chi connectivity index (χ0) is 14.4. The van der Waals surface area contributed by atoms with Crippen molar-refractivity contribution < 1.29 is 9.90 Å². The summed E-state index contributed by atoms with van der Waals surface area (Å²) < 4.78 is 0. The van der Waals surface area contributed by atoms with E-state index in [4.69, 9.17) is 0 Å². The summed E-state index contributed by atoms with van der Waals surface area (Å²) in [6, 6.07) is 0.552. The first kappa shape index (κ1) is 13.9. The van der Waals surface area contributed by atoms with E-state index in [0.29, 0.717) is 6.04 Å². The molecule has 0 aromatic rings. The predicted molar refractivity (Wildman–Crippen MR) is 80.7 cm³/mol. The maximum absolute atomic E-state index is 12.5. The Morgan fingerprint density at radius 3 is 2.81 bits per heavy atom. The molecule has 4 heteroatoms.